The van der Waals surface area contributed by atoms with Gasteiger partial charge in [0.2, 0.25) is 5.91 Å². The average Bonchev–Trinajstić information content (AvgIpc) is 3.04. The molecule has 130 valence electrons. The minimum atomic E-state index is 0.0940. The number of hydrogen-bond donors (Lipinski definition) is 1. The van der Waals surface area contributed by atoms with Crippen molar-refractivity contribution in [2.45, 2.75) is 13.3 Å². The van der Waals surface area contributed by atoms with Crippen molar-refractivity contribution in [1.29, 1.82) is 0 Å². The molecule has 4 aromatic rings. The van der Waals surface area contributed by atoms with E-state index in [9.17, 15) is 4.79 Å². The highest BCUT2D eigenvalue weighted by atomic mass is 16.2. The van der Waals surface area contributed by atoms with E-state index in [1.807, 2.05) is 7.05 Å². The van der Waals surface area contributed by atoms with Crippen LogP contribution in [-0.4, -0.2) is 29.4 Å². The molecule has 0 aliphatic carbocycles. The maximum Gasteiger partial charge on any atom is 0.219 e. The smallest absolute Gasteiger partial charge is 0.219 e. The Morgan fingerprint density at radius 3 is 2.42 bits per heavy atom. The lowest BCUT2D eigenvalue weighted by molar-refractivity contribution is -0.127. The maximum atomic E-state index is 11.6. The zero-order valence-electron chi connectivity index (χ0n) is 15.1. The lowest BCUT2D eigenvalue weighted by Gasteiger charge is -2.15. The number of para-hydroxylation sites is 1. The summed E-state index contributed by atoms with van der Waals surface area (Å²) >= 11 is 0. The van der Waals surface area contributed by atoms with Gasteiger partial charge in [0.25, 0.3) is 0 Å². The standard InChI is InChI=1S/C23H22N2O/c1-16(26)25(2)15-14-21-19-11-5-6-13-22(19)24-23(21)20-12-7-9-17-8-3-4-10-18(17)20/h3-13,24H,14-15H2,1-2H3. The fourth-order valence-electron chi connectivity index (χ4n) is 3.57. The first-order valence-electron chi connectivity index (χ1n) is 8.94. The quantitative estimate of drug-likeness (QED) is 0.556. The van der Waals surface area contributed by atoms with E-state index in [1.165, 1.54) is 27.3 Å². The van der Waals surface area contributed by atoms with Crippen LogP contribution in [0.2, 0.25) is 0 Å². The summed E-state index contributed by atoms with van der Waals surface area (Å²) in [5.41, 5.74) is 4.76. The number of rotatable bonds is 4. The first kappa shape index (κ1) is 16.4. The molecule has 4 rings (SSSR count). The Balaban J connectivity index is 1.89. The summed E-state index contributed by atoms with van der Waals surface area (Å²) in [6.07, 6.45) is 0.818. The molecule has 3 nitrogen and oxygen atoms in total. The third-order valence-corrected chi connectivity index (χ3v) is 5.11. The summed E-state index contributed by atoms with van der Waals surface area (Å²) in [4.78, 5) is 17.0. The highest BCUT2D eigenvalue weighted by Crippen LogP contribution is 2.35. The number of carbonyl (C=O) groups excluding carboxylic acids is 1. The van der Waals surface area contributed by atoms with Crippen LogP contribution in [0.25, 0.3) is 32.9 Å². The molecule has 0 fully saturated rings. The molecule has 3 aromatic carbocycles. The van der Waals surface area contributed by atoms with E-state index in [0.717, 1.165) is 17.6 Å². The molecule has 1 aromatic heterocycles. The Labute approximate surface area is 153 Å². The lowest BCUT2D eigenvalue weighted by atomic mass is 9.97. The van der Waals surface area contributed by atoms with Crippen LogP contribution in [0.5, 0.6) is 0 Å². The van der Waals surface area contributed by atoms with E-state index in [2.05, 4.69) is 71.7 Å². The first-order chi connectivity index (χ1) is 12.6. The molecule has 1 amide bonds. The highest BCUT2D eigenvalue weighted by Gasteiger charge is 2.15. The van der Waals surface area contributed by atoms with Gasteiger partial charge in [-0.05, 0) is 28.8 Å². The van der Waals surface area contributed by atoms with Crippen molar-refractivity contribution in [1.82, 2.24) is 9.88 Å². The number of fused-ring (bicyclic) bond motifs is 2. The Morgan fingerprint density at radius 2 is 1.62 bits per heavy atom. The molecule has 1 heterocycles. The molecule has 0 bridgehead atoms. The number of amides is 1. The molecular formula is C23H22N2O. The molecule has 0 spiro atoms. The van der Waals surface area contributed by atoms with Crippen molar-refractivity contribution in [3.63, 3.8) is 0 Å². The van der Waals surface area contributed by atoms with E-state index in [0.29, 0.717) is 6.54 Å². The normalized spacial score (nSPS) is 11.2. The summed E-state index contributed by atoms with van der Waals surface area (Å²) < 4.78 is 0. The summed E-state index contributed by atoms with van der Waals surface area (Å²) in [6.45, 7) is 2.32. The summed E-state index contributed by atoms with van der Waals surface area (Å²) in [5.74, 6) is 0.0940. The maximum absolute atomic E-state index is 11.6. The number of likely N-dealkylation sites (N-methyl/N-ethyl adjacent to an activating group) is 1. The van der Waals surface area contributed by atoms with Crippen LogP contribution in [0.3, 0.4) is 0 Å². The van der Waals surface area contributed by atoms with Crippen LogP contribution in [0, 0.1) is 0 Å². The van der Waals surface area contributed by atoms with Gasteiger partial charge in [-0.1, -0.05) is 60.7 Å². The van der Waals surface area contributed by atoms with Gasteiger partial charge in [-0.15, -0.1) is 0 Å². The van der Waals surface area contributed by atoms with Gasteiger partial charge in [-0.2, -0.15) is 0 Å². The van der Waals surface area contributed by atoms with E-state index >= 15 is 0 Å². The van der Waals surface area contributed by atoms with Crippen LogP contribution >= 0.6 is 0 Å². The largest absolute Gasteiger partial charge is 0.354 e. The molecule has 1 N–H and O–H groups in total. The number of nitrogens with zero attached hydrogens (tertiary/aromatic N) is 1. The van der Waals surface area contributed by atoms with E-state index < -0.39 is 0 Å². The number of benzene rings is 3. The van der Waals surface area contributed by atoms with Crippen LogP contribution in [0.1, 0.15) is 12.5 Å². The van der Waals surface area contributed by atoms with E-state index in [1.54, 1.807) is 11.8 Å². The molecular weight excluding hydrogens is 320 g/mol. The Morgan fingerprint density at radius 1 is 0.923 bits per heavy atom. The summed E-state index contributed by atoms with van der Waals surface area (Å²) in [7, 11) is 1.86. The van der Waals surface area contributed by atoms with E-state index in [-0.39, 0.29) is 5.91 Å². The Bertz CT molecular complexity index is 1090. The average molecular weight is 342 g/mol. The lowest BCUT2D eigenvalue weighted by Crippen LogP contribution is -2.26. The molecule has 0 aliphatic rings. The summed E-state index contributed by atoms with van der Waals surface area (Å²) in [6, 6.07) is 23.3. The zero-order valence-corrected chi connectivity index (χ0v) is 15.1. The van der Waals surface area contributed by atoms with Gasteiger partial charge in [0.15, 0.2) is 0 Å². The molecule has 0 unspecified atom stereocenters. The van der Waals surface area contributed by atoms with Crippen molar-refractivity contribution < 1.29 is 4.79 Å². The van der Waals surface area contributed by atoms with Crippen LogP contribution in [0.15, 0.2) is 66.7 Å². The molecule has 26 heavy (non-hydrogen) atoms. The monoisotopic (exact) mass is 342 g/mol. The number of hydrogen-bond acceptors (Lipinski definition) is 1. The van der Waals surface area contributed by atoms with Gasteiger partial charge in [0.05, 0.1) is 5.69 Å². The van der Waals surface area contributed by atoms with Gasteiger partial charge in [-0.25, -0.2) is 0 Å². The van der Waals surface area contributed by atoms with Crippen molar-refractivity contribution >= 4 is 27.6 Å². The Kier molecular flexibility index (Phi) is 4.21. The first-order valence-corrected chi connectivity index (χ1v) is 8.94. The number of nitrogens with one attached hydrogen (secondary N) is 1. The third kappa shape index (κ3) is 2.86. The predicted molar refractivity (Wildman–Crippen MR) is 108 cm³/mol. The second-order valence-corrected chi connectivity index (χ2v) is 6.74. The summed E-state index contributed by atoms with van der Waals surface area (Å²) in [5, 5.41) is 3.70. The topological polar surface area (TPSA) is 36.1 Å². The molecule has 0 saturated heterocycles. The van der Waals surface area contributed by atoms with Crippen molar-refractivity contribution in [3.05, 3.63) is 72.3 Å². The number of aromatic amines is 1. The predicted octanol–water partition coefficient (Wildman–Crippen LogP) is 5.01. The number of carbonyl (C=O) groups is 1. The fraction of sp³-hybridized carbons (Fsp3) is 0.174. The minimum Gasteiger partial charge on any atom is -0.354 e. The van der Waals surface area contributed by atoms with Gasteiger partial charge in [-0.3, -0.25) is 4.79 Å². The number of aromatic nitrogens is 1. The second-order valence-electron chi connectivity index (χ2n) is 6.74. The molecule has 3 heteroatoms. The van der Waals surface area contributed by atoms with Crippen LogP contribution in [0.4, 0.5) is 0 Å². The highest BCUT2D eigenvalue weighted by molar-refractivity contribution is 6.00. The van der Waals surface area contributed by atoms with Gasteiger partial charge >= 0.3 is 0 Å². The molecule has 0 aliphatic heterocycles. The van der Waals surface area contributed by atoms with Gasteiger partial charge < -0.3 is 9.88 Å². The molecule has 0 atom stereocenters. The second kappa shape index (κ2) is 6.68. The van der Waals surface area contributed by atoms with Crippen molar-refractivity contribution in [2.24, 2.45) is 0 Å². The van der Waals surface area contributed by atoms with E-state index in [4.69, 9.17) is 0 Å². The van der Waals surface area contributed by atoms with Crippen LogP contribution in [-0.2, 0) is 11.2 Å². The van der Waals surface area contributed by atoms with Gasteiger partial charge in [0, 0.05) is 37.0 Å². The van der Waals surface area contributed by atoms with Crippen molar-refractivity contribution in [2.75, 3.05) is 13.6 Å². The zero-order chi connectivity index (χ0) is 18.1. The Hall–Kier alpha value is -3.07. The van der Waals surface area contributed by atoms with Gasteiger partial charge in [0.1, 0.15) is 0 Å². The molecule has 0 radical (unpaired) electrons. The molecule has 0 saturated carbocycles. The third-order valence-electron chi connectivity index (χ3n) is 5.11. The fourth-order valence-corrected chi connectivity index (χ4v) is 3.57. The minimum absolute atomic E-state index is 0.0940. The SMILES string of the molecule is CC(=O)N(C)CCc1c(-c2cccc3ccccc23)[nH]c2ccccc12. The number of H-pyrrole nitrogens is 1. The van der Waals surface area contributed by atoms with Crippen molar-refractivity contribution in [3.8, 4) is 11.3 Å². The van der Waals surface area contributed by atoms with Crippen LogP contribution < -0.4 is 0 Å².